The van der Waals surface area contributed by atoms with Crippen LogP contribution in [0.2, 0.25) is 0 Å². The largest absolute Gasteiger partial charge is 0.434 e. The predicted molar refractivity (Wildman–Crippen MR) is 127 cm³/mol. The zero-order chi connectivity index (χ0) is 29.8. The molecule has 5 rings (SSSR count). The highest BCUT2D eigenvalue weighted by atomic mass is 19.4. The summed E-state index contributed by atoms with van der Waals surface area (Å²) < 4.78 is 128. The number of fused-ring (bicyclic) bond motifs is 1. The minimum atomic E-state index is -5.80. The van der Waals surface area contributed by atoms with Crippen molar-refractivity contribution in [2.24, 2.45) is 17.3 Å². The van der Waals surface area contributed by atoms with Gasteiger partial charge in [-0.2, -0.15) is 39.5 Å². The number of benzene rings is 1. The van der Waals surface area contributed by atoms with Crippen molar-refractivity contribution in [3.8, 4) is 0 Å². The molecule has 41 heavy (non-hydrogen) atoms. The first-order valence-corrected chi connectivity index (χ1v) is 13.6. The molecule has 4 fully saturated rings. The SMILES string of the molecule is O=C(OC(C(F)(F)F)C(F)(F)F)N1CCC2(CCN(Cc3c(C4CC5COCC5C4)cccc3C(F)(F)F)C2)CC1. The van der Waals surface area contributed by atoms with Crippen LogP contribution in [0.25, 0.3) is 0 Å². The van der Waals surface area contributed by atoms with Gasteiger partial charge in [-0.25, -0.2) is 4.79 Å². The normalized spacial score (nSPS) is 27.2. The molecule has 2 unspecified atom stereocenters. The van der Waals surface area contributed by atoms with E-state index < -0.39 is 41.7 Å². The van der Waals surface area contributed by atoms with Crippen LogP contribution in [0, 0.1) is 17.3 Å². The fourth-order valence-corrected chi connectivity index (χ4v) is 7.13. The molecule has 230 valence electrons. The quantitative estimate of drug-likeness (QED) is 0.357. The van der Waals surface area contributed by atoms with Gasteiger partial charge in [0, 0.05) is 39.4 Å². The van der Waals surface area contributed by atoms with E-state index in [4.69, 9.17) is 4.74 Å². The molecule has 0 N–H and O–H groups in total. The van der Waals surface area contributed by atoms with Crippen LogP contribution in [-0.2, 0) is 22.2 Å². The maximum atomic E-state index is 14.1. The van der Waals surface area contributed by atoms with Gasteiger partial charge in [0.05, 0.1) is 5.56 Å². The van der Waals surface area contributed by atoms with Gasteiger partial charge in [-0.1, -0.05) is 12.1 Å². The first kappa shape index (κ1) is 30.2. The van der Waals surface area contributed by atoms with Gasteiger partial charge in [0.25, 0.3) is 6.10 Å². The lowest BCUT2D eigenvalue weighted by atomic mass is 9.78. The summed E-state index contributed by atoms with van der Waals surface area (Å²) in [7, 11) is 0. The van der Waals surface area contributed by atoms with Crippen LogP contribution in [0.3, 0.4) is 0 Å². The van der Waals surface area contributed by atoms with Crippen LogP contribution < -0.4 is 0 Å². The van der Waals surface area contributed by atoms with Crippen molar-refractivity contribution >= 4 is 6.09 Å². The van der Waals surface area contributed by atoms with Crippen molar-refractivity contribution in [1.82, 2.24) is 9.80 Å². The van der Waals surface area contributed by atoms with Gasteiger partial charge in [-0.05, 0) is 79.0 Å². The molecule has 1 amide bonds. The van der Waals surface area contributed by atoms with E-state index >= 15 is 0 Å². The number of carbonyl (C=O) groups excluding carboxylic acids is 1. The van der Waals surface area contributed by atoms with E-state index in [-0.39, 0.29) is 31.1 Å². The second kappa shape index (κ2) is 10.8. The summed E-state index contributed by atoms with van der Waals surface area (Å²) in [6.07, 6.45) is -19.3. The highest BCUT2D eigenvalue weighted by Gasteiger charge is 2.60. The summed E-state index contributed by atoms with van der Waals surface area (Å²) in [6.45, 7) is 2.03. The van der Waals surface area contributed by atoms with Crippen molar-refractivity contribution in [2.45, 2.75) is 69.2 Å². The molecule has 4 aliphatic rings. The van der Waals surface area contributed by atoms with E-state index in [1.54, 1.807) is 6.07 Å². The Morgan fingerprint density at radius 2 is 1.51 bits per heavy atom. The number of carbonyl (C=O) groups is 1. The molecule has 1 aromatic carbocycles. The van der Waals surface area contributed by atoms with Crippen LogP contribution in [0.5, 0.6) is 0 Å². The number of piperidine rings is 1. The molecule has 1 aliphatic carbocycles. The van der Waals surface area contributed by atoms with E-state index in [2.05, 4.69) is 4.74 Å². The summed E-state index contributed by atoms with van der Waals surface area (Å²) >= 11 is 0. The molecular formula is C27H31F9N2O3. The fraction of sp³-hybridized carbons (Fsp3) is 0.741. The minimum Gasteiger partial charge on any atom is -0.426 e. The van der Waals surface area contributed by atoms with Gasteiger partial charge < -0.3 is 14.4 Å². The Hall–Kier alpha value is -2.22. The number of rotatable bonds is 4. The number of alkyl halides is 9. The van der Waals surface area contributed by atoms with E-state index in [9.17, 15) is 44.3 Å². The average Bonchev–Trinajstić information content (AvgIpc) is 3.57. The zero-order valence-corrected chi connectivity index (χ0v) is 22.0. The Bertz CT molecular complexity index is 1090. The molecular weight excluding hydrogens is 571 g/mol. The Morgan fingerprint density at radius 3 is 2.07 bits per heavy atom. The van der Waals surface area contributed by atoms with Crippen LogP contribution in [0.15, 0.2) is 18.2 Å². The number of nitrogens with zero attached hydrogens (tertiary/aromatic N) is 2. The maximum Gasteiger partial charge on any atom is 0.434 e. The summed E-state index contributed by atoms with van der Waals surface area (Å²) in [5.41, 5.74) is -0.101. The summed E-state index contributed by atoms with van der Waals surface area (Å²) in [5.74, 6) is 0.697. The van der Waals surface area contributed by atoms with Gasteiger partial charge in [0.2, 0.25) is 0 Å². The molecule has 3 saturated heterocycles. The highest BCUT2D eigenvalue weighted by molar-refractivity contribution is 5.68. The standard InChI is InChI=1S/C27H31F9N2O3/c28-25(29,30)21-3-1-2-19(16-10-17-13-40-14-18(17)11-16)20(21)12-37-7-4-24(15-37)5-8-38(9-6-24)23(39)41-22(26(31,32)33)27(34,35)36/h1-3,16-18,22H,4-15H2. The van der Waals surface area contributed by atoms with Crippen molar-refractivity contribution in [1.29, 1.82) is 0 Å². The van der Waals surface area contributed by atoms with Crippen molar-refractivity contribution < 1.29 is 53.8 Å². The van der Waals surface area contributed by atoms with Crippen LogP contribution in [-0.4, -0.2) is 73.7 Å². The lowest BCUT2D eigenvalue weighted by Crippen LogP contribution is -2.50. The third kappa shape index (κ3) is 6.42. The number of halogens is 9. The lowest BCUT2D eigenvalue weighted by molar-refractivity contribution is -0.308. The number of hydrogen-bond acceptors (Lipinski definition) is 4. The first-order chi connectivity index (χ1) is 19.1. The van der Waals surface area contributed by atoms with Crippen molar-refractivity contribution in [3.63, 3.8) is 0 Å². The van der Waals surface area contributed by atoms with Crippen molar-refractivity contribution in [3.05, 3.63) is 34.9 Å². The van der Waals surface area contributed by atoms with E-state index in [0.29, 0.717) is 63.0 Å². The topological polar surface area (TPSA) is 42.0 Å². The Labute approximate surface area is 230 Å². The summed E-state index contributed by atoms with van der Waals surface area (Å²) in [6, 6.07) is 4.33. The second-order valence-electron chi connectivity index (χ2n) is 11.9. The number of hydrogen-bond donors (Lipinski definition) is 0. The molecule has 0 radical (unpaired) electrons. The second-order valence-corrected chi connectivity index (χ2v) is 11.9. The van der Waals surface area contributed by atoms with E-state index in [0.717, 1.165) is 23.8 Å². The molecule has 2 atom stereocenters. The third-order valence-corrected chi connectivity index (χ3v) is 9.26. The van der Waals surface area contributed by atoms with Crippen LogP contribution >= 0.6 is 0 Å². The van der Waals surface area contributed by atoms with Crippen LogP contribution in [0.4, 0.5) is 44.3 Å². The van der Waals surface area contributed by atoms with E-state index in [1.165, 1.54) is 6.07 Å². The molecule has 3 heterocycles. The molecule has 0 bridgehead atoms. The van der Waals surface area contributed by atoms with E-state index in [1.807, 2.05) is 4.90 Å². The monoisotopic (exact) mass is 602 g/mol. The Balaban J connectivity index is 1.24. The fourth-order valence-electron chi connectivity index (χ4n) is 7.13. The third-order valence-electron chi connectivity index (χ3n) is 9.26. The van der Waals surface area contributed by atoms with Gasteiger partial charge in [0.15, 0.2) is 0 Å². The molecule has 3 aliphatic heterocycles. The highest BCUT2D eigenvalue weighted by Crippen LogP contribution is 2.49. The molecule has 1 saturated carbocycles. The maximum absolute atomic E-state index is 14.1. The number of amides is 1. The first-order valence-electron chi connectivity index (χ1n) is 13.6. The molecule has 1 aromatic rings. The summed E-state index contributed by atoms with van der Waals surface area (Å²) in [4.78, 5) is 14.9. The minimum absolute atomic E-state index is 0.00855. The zero-order valence-electron chi connectivity index (χ0n) is 22.0. The Kier molecular flexibility index (Phi) is 7.97. The van der Waals surface area contributed by atoms with Gasteiger partial charge in [-0.3, -0.25) is 4.90 Å². The van der Waals surface area contributed by atoms with Gasteiger partial charge >= 0.3 is 24.6 Å². The Morgan fingerprint density at radius 1 is 0.927 bits per heavy atom. The smallest absolute Gasteiger partial charge is 0.426 e. The predicted octanol–water partition coefficient (Wildman–Crippen LogP) is 6.76. The number of likely N-dealkylation sites (tertiary alicyclic amines) is 2. The molecule has 5 nitrogen and oxygen atoms in total. The molecule has 0 aromatic heterocycles. The average molecular weight is 603 g/mol. The molecule has 1 spiro atoms. The van der Waals surface area contributed by atoms with Gasteiger partial charge in [-0.15, -0.1) is 0 Å². The van der Waals surface area contributed by atoms with Crippen molar-refractivity contribution in [2.75, 3.05) is 39.4 Å². The lowest BCUT2D eigenvalue weighted by Gasteiger charge is -2.39. The summed E-state index contributed by atoms with van der Waals surface area (Å²) in [5, 5.41) is 0. The van der Waals surface area contributed by atoms with Gasteiger partial charge in [0.1, 0.15) is 0 Å². The van der Waals surface area contributed by atoms with Crippen LogP contribution in [0.1, 0.15) is 54.7 Å². The molecule has 14 heteroatoms. The number of ether oxygens (including phenoxy) is 2.